The monoisotopic (exact) mass is 425 g/mol. The van der Waals surface area contributed by atoms with Gasteiger partial charge >= 0.3 is 0 Å². The summed E-state index contributed by atoms with van der Waals surface area (Å²) in [7, 11) is -2.67. The molecule has 0 atom stereocenters. The smallest absolute Gasteiger partial charge is 0.227 e. The zero-order chi connectivity index (χ0) is 20.5. The molecule has 2 heterocycles. The van der Waals surface area contributed by atoms with Gasteiger partial charge in [0.15, 0.2) is 0 Å². The van der Waals surface area contributed by atoms with Crippen molar-refractivity contribution < 1.29 is 17.9 Å². The summed E-state index contributed by atoms with van der Waals surface area (Å²) in [6.45, 7) is 3.67. The number of sulfone groups is 1. The van der Waals surface area contributed by atoms with Gasteiger partial charge < -0.3 is 20.3 Å². The van der Waals surface area contributed by atoms with Crippen LogP contribution in [0.3, 0.4) is 0 Å². The number of benzene rings is 1. The standard InChI is InChI=1S/C17H20ClN5O4S/c1-11(24)22-5-7-23(8-6-22)17-20-10-15(16(19)21-17)28(25,26)14-9-12(18)3-4-13(14)27-2/h3-4,9-10H,5-8H2,1-2H3,(H2,19,20,21). The second-order valence-corrected chi connectivity index (χ2v) is 8.53. The number of nitrogens with zero attached hydrogens (tertiary/aromatic N) is 4. The van der Waals surface area contributed by atoms with Crippen molar-refractivity contribution in [3.05, 3.63) is 29.4 Å². The maximum atomic E-state index is 13.0. The third kappa shape index (κ3) is 3.83. The van der Waals surface area contributed by atoms with Gasteiger partial charge in [0.1, 0.15) is 21.4 Å². The number of aromatic nitrogens is 2. The van der Waals surface area contributed by atoms with E-state index in [0.717, 1.165) is 0 Å². The van der Waals surface area contributed by atoms with Crippen LogP contribution < -0.4 is 15.4 Å². The molecule has 2 N–H and O–H groups in total. The first-order chi connectivity index (χ1) is 13.2. The van der Waals surface area contributed by atoms with Gasteiger partial charge in [-0.1, -0.05) is 11.6 Å². The van der Waals surface area contributed by atoms with Crippen molar-refractivity contribution in [2.75, 3.05) is 43.9 Å². The fourth-order valence-corrected chi connectivity index (χ4v) is 4.62. The molecule has 2 aromatic rings. The lowest BCUT2D eigenvalue weighted by molar-refractivity contribution is -0.129. The van der Waals surface area contributed by atoms with Crippen LogP contribution in [-0.2, 0) is 14.6 Å². The summed E-state index contributed by atoms with van der Waals surface area (Å²) in [5.41, 5.74) is 5.96. The van der Waals surface area contributed by atoms with Crippen LogP contribution in [0.5, 0.6) is 5.75 Å². The normalized spacial score (nSPS) is 14.8. The predicted molar refractivity (Wildman–Crippen MR) is 104 cm³/mol. The number of ether oxygens (including phenoxy) is 1. The number of carbonyl (C=O) groups is 1. The zero-order valence-electron chi connectivity index (χ0n) is 15.4. The highest BCUT2D eigenvalue weighted by Gasteiger charge is 2.28. The summed E-state index contributed by atoms with van der Waals surface area (Å²) in [5.74, 6) is 0.309. The van der Waals surface area contributed by atoms with Crippen molar-refractivity contribution in [1.29, 1.82) is 0 Å². The minimum Gasteiger partial charge on any atom is -0.495 e. The number of nitrogen functional groups attached to an aromatic ring is 1. The molecule has 1 fully saturated rings. The molecule has 3 rings (SSSR count). The van der Waals surface area contributed by atoms with Crippen LogP contribution in [0.2, 0.25) is 5.02 Å². The van der Waals surface area contributed by atoms with Gasteiger partial charge in [-0.3, -0.25) is 4.79 Å². The van der Waals surface area contributed by atoms with Crippen molar-refractivity contribution in [2.24, 2.45) is 0 Å². The molecule has 28 heavy (non-hydrogen) atoms. The summed E-state index contributed by atoms with van der Waals surface area (Å²) in [6.07, 6.45) is 1.19. The number of methoxy groups -OCH3 is 1. The largest absolute Gasteiger partial charge is 0.495 e. The van der Waals surface area contributed by atoms with E-state index in [4.69, 9.17) is 22.1 Å². The quantitative estimate of drug-likeness (QED) is 0.776. The number of nitrogens with two attached hydrogens (primary N) is 1. The van der Waals surface area contributed by atoms with E-state index in [1.807, 2.05) is 4.90 Å². The molecule has 11 heteroatoms. The van der Waals surface area contributed by atoms with E-state index >= 15 is 0 Å². The van der Waals surface area contributed by atoms with E-state index in [0.29, 0.717) is 32.1 Å². The number of rotatable bonds is 4. The highest BCUT2D eigenvalue weighted by Crippen LogP contribution is 2.33. The van der Waals surface area contributed by atoms with E-state index in [-0.39, 0.29) is 32.3 Å². The molecule has 0 saturated carbocycles. The lowest BCUT2D eigenvalue weighted by Gasteiger charge is -2.34. The SMILES string of the molecule is COc1ccc(Cl)cc1S(=O)(=O)c1cnc(N2CCN(C(C)=O)CC2)nc1N. The number of carbonyl (C=O) groups excluding carboxylic acids is 1. The van der Waals surface area contributed by atoms with Gasteiger partial charge in [0, 0.05) is 38.1 Å². The number of hydrogen-bond acceptors (Lipinski definition) is 8. The van der Waals surface area contributed by atoms with E-state index in [1.165, 1.54) is 38.4 Å². The molecule has 1 aromatic carbocycles. The molecule has 1 aliphatic heterocycles. The molecule has 0 unspecified atom stereocenters. The average Bonchev–Trinajstić information content (AvgIpc) is 2.67. The van der Waals surface area contributed by atoms with E-state index < -0.39 is 9.84 Å². The Morgan fingerprint density at radius 1 is 1.21 bits per heavy atom. The number of hydrogen-bond donors (Lipinski definition) is 1. The molecule has 1 aromatic heterocycles. The lowest BCUT2D eigenvalue weighted by Crippen LogP contribution is -2.48. The van der Waals surface area contributed by atoms with Crippen LogP contribution in [-0.4, -0.2) is 62.5 Å². The third-order valence-corrected chi connectivity index (χ3v) is 6.51. The van der Waals surface area contributed by atoms with Crippen molar-refractivity contribution in [1.82, 2.24) is 14.9 Å². The molecule has 1 saturated heterocycles. The number of halogens is 1. The number of anilines is 2. The summed E-state index contributed by atoms with van der Waals surface area (Å²) >= 11 is 5.95. The Morgan fingerprint density at radius 2 is 1.89 bits per heavy atom. The zero-order valence-corrected chi connectivity index (χ0v) is 17.0. The Bertz CT molecular complexity index is 1010. The van der Waals surface area contributed by atoms with Gasteiger partial charge in [0.2, 0.25) is 21.7 Å². The van der Waals surface area contributed by atoms with Crippen molar-refractivity contribution >= 4 is 39.1 Å². The van der Waals surface area contributed by atoms with Crippen LogP contribution in [0.1, 0.15) is 6.92 Å². The summed E-state index contributed by atoms with van der Waals surface area (Å²) in [6, 6.07) is 4.29. The van der Waals surface area contributed by atoms with E-state index in [1.54, 1.807) is 4.90 Å². The van der Waals surface area contributed by atoms with E-state index in [2.05, 4.69) is 9.97 Å². The van der Waals surface area contributed by atoms with Gasteiger partial charge in [0.05, 0.1) is 13.3 Å². The predicted octanol–water partition coefficient (Wildman–Crippen LogP) is 1.22. The highest BCUT2D eigenvalue weighted by molar-refractivity contribution is 7.91. The lowest BCUT2D eigenvalue weighted by atomic mass is 10.3. The minimum atomic E-state index is -4.03. The number of amides is 1. The Kier molecular flexibility index (Phi) is 5.61. The Labute approximate surface area is 168 Å². The maximum absolute atomic E-state index is 13.0. The minimum absolute atomic E-state index is 0.0111. The van der Waals surface area contributed by atoms with Crippen LogP contribution in [0.15, 0.2) is 34.2 Å². The summed E-state index contributed by atoms with van der Waals surface area (Å²) < 4.78 is 31.2. The van der Waals surface area contributed by atoms with Crippen molar-refractivity contribution in [3.63, 3.8) is 0 Å². The van der Waals surface area contributed by atoms with Crippen LogP contribution >= 0.6 is 11.6 Å². The van der Waals surface area contributed by atoms with Crippen LogP contribution in [0.25, 0.3) is 0 Å². The Morgan fingerprint density at radius 3 is 2.46 bits per heavy atom. The number of piperazine rings is 1. The molecular formula is C17H20ClN5O4S. The summed E-state index contributed by atoms with van der Waals surface area (Å²) in [5, 5.41) is 0.249. The molecule has 1 amide bonds. The fourth-order valence-electron chi connectivity index (χ4n) is 2.93. The molecule has 150 valence electrons. The van der Waals surface area contributed by atoms with Gasteiger partial charge in [-0.05, 0) is 18.2 Å². The molecular weight excluding hydrogens is 406 g/mol. The van der Waals surface area contributed by atoms with Crippen LogP contribution in [0.4, 0.5) is 11.8 Å². The first-order valence-electron chi connectivity index (χ1n) is 8.45. The van der Waals surface area contributed by atoms with Gasteiger partial charge in [-0.15, -0.1) is 0 Å². The van der Waals surface area contributed by atoms with Crippen molar-refractivity contribution in [3.8, 4) is 5.75 Å². The maximum Gasteiger partial charge on any atom is 0.227 e. The molecule has 9 nitrogen and oxygen atoms in total. The van der Waals surface area contributed by atoms with Crippen molar-refractivity contribution in [2.45, 2.75) is 16.7 Å². The Hall–Kier alpha value is -2.59. The highest BCUT2D eigenvalue weighted by atomic mass is 35.5. The second-order valence-electron chi connectivity index (χ2n) is 6.21. The summed E-state index contributed by atoms with van der Waals surface area (Å²) in [4.78, 5) is 23.0. The first kappa shape index (κ1) is 20.2. The average molecular weight is 426 g/mol. The first-order valence-corrected chi connectivity index (χ1v) is 10.3. The van der Waals surface area contributed by atoms with Gasteiger partial charge in [-0.2, -0.15) is 4.98 Å². The topological polar surface area (TPSA) is 119 Å². The molecule has 0 radical (unpaired) electrons. The Balaban J connectivity index is 1.91. The van der Waals surface area contributed by atoms with Crippen LogP contribution in [0, 0.1) is 0 Å². The second kappa shape index (κ2) is 7.80. The molecule has 0 aliphatic carbocycles. The third-order valence-electron chi connectivity index (χ3n) is 4.48. The van der Waals surface area contributed by atoms with E-state index in [9.17, 15) is 13.2 Å². The van der Waals surface area contributed by atoms with Gasteiger partial charge in [-0.25, -0.2) is 13.4 Å². The molecule has 1 aliphatic rings. The fraction of sp³-hybridized carbons (Fsp3) is 0.353. The van der Waals surface area contributed by atoms with Gasteiger partial charge in [0.25, 0.3) is 0 Å². The molecule has 0 bridgehead atoms. The molecule has 0 spiro atoms.